The maximum atomic E-state index is 8.75. The molecule has 0 aliphatic rings. The smallest absolute Gasteiger partial charge is 0.175 e. The molecule has 0 unspecified atom stereocenters. The van der Waals surface area contributed by atoms with Gasteiger partial charge in [-0.25, -0.2) is 4.99 Å². The third kappa shape index (κ3) is 2.26. The summed E-state index contributed by atoms with van der Waals surface area (Å²) in [4.78, 5) is 3.97. The minimum atomic E-state index is 0.529. The van der Waals surface area contributed by atoms with Crippen molar-refractivity contribution < 1.29 is 4.74 Å². The van der Waals surface area contributed by atoms with E-state index in [1.54, 1.807) is 6.92 Å². The molecular weight excluding hydrogens is 186 g/mol. The summed E-state index contributed by atoms with van der Waals surface area (Å²) < 4.78 is 8.94. The Bertz CT molecular complexity index is 351. The standard InChI is InChI=1S/C8H9N3OS/c1-3-12-5-10-8-7(4-9)6(2)11-13-8/h5H,3H2,1-2H3/b10-5-. The number of ether oxygens (including phenoxy) is 1. The van der Waals surface area contributed by atoms with E-state index >= 15 is 0 Å². The first-order valence-electron chi connectivity index (χ1n) is 3.80. The lowest BCUT2D eigenvalue weighted by molar-refractivity contribution is 0.344. The Hall–Kier alpha value is -1.41. The maximum absolute atomic E-state index is 8.75. The van der Waals surface area contributed by atoms with E-state index in [4.69, 9.17) is 10.00 Å². The van der Waals surface area contributed by atoms with Gasteiger partial charge >= 0.3 is 0 Å². The molecule has 68 valence electrons. The highest BCUT2D eigenvalue weighted by atomic mass is 32.1. The van der Waals surface area contributed by atoms with Crippen molar-refractivity contribution in [2.45, 2.75) is 13.8 Å². The molecule has 0 N–H and O–H groups in total. The Morgan fingerprint density at radius 2 is 2.54 bits per heavy atom. The van der Waals surface area contributed by atoms with Crippen molar-refractivity contribution in [3.8, 4) is 6.07 Å². The normalized spacial score (nSPS) is 10.2. The number of aliphatic imine (C=N–C) groups is 1. The Morgan fingerprint density at radius 1 is 1.77 bits per heavy atom. The van der Waals surface area contributed by atoms with Crippen LogP contribution in [0.25, 0.3) is 0 Å². The Balaban J connectivity index is 2.84. The van der Waals surface area contributed by atoms with Crippen molar-refractivity contribution in [1.82, 2.24) is 4.37 Å². The van der Waals surface area contributed by atoms with Crippen LogP contribution in [0.15, 0.2) is 4.99 Å². The summed E-state index contributed by atoms with van der Waals surface area (Å²) in [6.07, 6.45) is 1.34. The minimum absolute atomic E-state index is 0.529. The molecule has 0 bridgehead atoms. The van der Waals surface area contributed by atoms with E-state index in [-0.39, 0.29) is 0 Å². The number of nitrogens with zero attached hydrogens (tertiary/aromatic N) is 3. The van der Waals surface area contributed by atoms with Crippen LogP contribution in [0.2, 0.25) is 0 Å². The van der Waals surface area contributed by atoms with Gasteiger partial charge in [0.1, 0.15) is 11.6 Å². The van der Waals surface area contributed by atoms with Gasteiger partial charge in [-0.15, -0.1) is 0 Å². The monoisotopic (exact) mass is 195 g/mol. The fraction of sp³-hybridized carbons (Fsp3) is 0.375. The Morgan fingerprint density at radius 3 is 3.15 bits per heavy atom. The summed E-state index contributed by atoms with van der Waals surface area (Å²) in [7, 11) is 0. The van der Waals surface area contributed by atoms with Crippen LogP contribution < -0.4 is 0 Å². The lowest BCUT2D eigenvalue weighted by atomic mass is 10.3. The van der Waals surface area contributed by atoms with Gasteiger partial charge in [-0.05, 0) is 25.4 Å². The van der Waals surface area contributed by atoms with E-state index in [1.165, 1.54) is 17.9 Å². The molecule has 0 aliphatic heterocycles. The predicted molar refractivity (Wildman–Crippen MR) is 51.3 cm³/mol. The second kappa shape index (κ2) is 4.58. The highest BCUT2D eigenvalue weighted by Crippen LogP contribution is 2.25. The van der Waals surface area contributed by atoms with Crippen molar-refractivity contribution in [1.29, 1.82) is 5.26 Å². The lowest BCUT2D eigenvalue weighted by Crippen LogP contribution is -1.83. The largest absolute Gasteiger partial charge is 0.483 e. The SMILES string of the molecule is CCO/C=N\c1snc(C)c1C#N. The van der Waals surface area contributed by atoms with Crippen LogP contribution in [0, 0.1) is 18.3 Å². The molecular formula is C8H9N3OS. The number of hydrogen-bond donors (Lipinski definition) is 0. The molecule has 5 heteroatoms. The van der Waals surface area contributed by atoms with E-state index in [9.17, 15) is 0 Å². The van der Waals surface area contributed by atoms with Crippen LogP contribution in [0.3, 0.4) is 0 Å². The van der Waals surface area contributed by atoms with Crippen LogP contribution in [0.4, 0.5) is 5.00 Å². The van der Waals surface area contributed by atoms with Gasteiger partial charge in [0.05, 0.1) is 12.3 Å². The highest BCUT2D eigenvalue weighted by Gasteiger charge is 2.07. The molecule has 1 aromatic heterocycles. The van der Waals surface area contributed by atoms with E-state index < -0.39 is 0 Å². The quantitative estimate of drug-likeness (QED) is 0.547. The van der Waals surface area contributed by atoms with Crippen LogP contribution in [0.1, 0.15) is 18.2 Å². The van der Waals surface area contributed by atoms with E-state index in [0.717, 1.165) is 5.69 Å². The van der Waals surface area contributed by atoms with Crippen LogP contribution in [-0.2, 0) is 4.74 Å². The van der Waals surface area contributed by atoms with Gasteiger partial charge < -0.3 is 4.74 Å². The Labute approximate surface area is 80.7 Å². The summed E-state index contributed by atoms with van der Waals surface area (Å²) in [5.74, 6) is 0. The first-order chi connectivity index (χ1) is 6.29. The second-order valence-electron chi connectivity index (χ2n) is 2.25. The number of rotatable bonds is 3. The maximum Gasteiger partial charge on any atom is 0.175 e. The van der Waals surface area contributed by atoms with Crippen LogP contribution in [0.5, 0.6) is 0 Å². The molecule has 0 radical (unpaired) electrons. The van der Waals surface area contributed by atoms with E-state index in [1.807, 2.05) is 13.0 Å². The number of aryl methyl sites for hydroxylation is 1. The van der Waals surface area contributed by atoms with E-state index in [0.29, 0.717) is 17.2 Å². The minimum Gasteiger partial charge on any atom is -0.483 e. The molecule has 0 fully saturated rings. The van der Waals surface area contributed by atoms with Crippen LogP contribution in [-0.4, -0.2) is 17.4 Å². The van der Waals surface area contributed by atoms with Crippen molar-refractivity contribution in [2.24, 2.45) is 4.99 Å². The predicted octanol–water partition coefficient (Wildman–Crippen LogP) is 2.02. The molecule has 0 amide bonds. The average Bonchev–Trinajstić information content (AvgIpc) is 2.47. The molecule has 4 nitrogen and oxygen atoms in total. The summed E-state index contributed by atoms with van der Waals surface area (Å²) in [6.45, 7) is 4.23. The summed E-state index contributed by atoms with van der Waals surface area (Å²) >= 11 is 1.20. The molecule has 1 heterocycles. The summed E-state index contributed by atoms with van der Waals surface area (Å²) in [5, 5.41) is 9.35. The van der Waals surface area contributed by atoms with Gasteiger partial charge in [-0.1, -0.05) is 0 Å². The number of aromatic nitrogens is 1. The summed E-state index contributed by atoms with van der Waals surface area (Å²) in [5.41, 5.74) is 1.25. The molecule has 1 rings (SSSR count). The third-order valence-electron chi connectivity index (χ3n) is 1.37. The molecule has 1 aromatic rings. The molecule has 0 aliphatic carbocycles. The molecule has 0 atom stereocenters. The van der Waals surface area contributed by atoms with Crippen molar-refractivity contribution in [3.63, 3.8) is 0 Å². The third-order valence-corrected chi connectivity index (χ3v) is 2.22. The van der Waals surface area contributed by atoms with Gasteiger partial charge in [0, 0.05) is 0 Å². The molecule has 0 saturated heterocycles. The zero-order chi connectivity index (χ0) is 9.68. The van der Waals surface area contributed by atoms with Gasteiger partial charge in [0.15, 0.2) is 11.4 Å². The average molecular weight is 195 g/mol. The fourth-order valence-electron chi connectivity index (χ4n) is 0.734. The topological polar surface area (TPSA) is 58.3 Å². The molecule has 13 heavy (non-hydrogen) atoms. The Kier molecular flexibility index (Phi) is 3.41. The van der Waals surface area contributed by atoms with Crippen LogP contribution >= 0.6 is 11.5 Å². The van der Waals surface area contributed by atoms with Crippen molar-refractivity contribution in [3.05, 3.63) is 11.3 Å². The summed E-state index contributed by atoms with van der Waals surface area (Å²) in [6, 6.07) is 2.05. The van der Waals surface area contributed by atoms with Gasteiger partial charge in [0.25, 0.3) is 0 Å². The second-order valence-corrected chi connectivity index (χ2v) is 3.00. The zero-order valence-electron chi connectivity index (χ0n) is 7.44. The molecule has 0 spiro atoms. The van der Waals surface area contributed by atoms with Gasteiger partial charge in [-0.2, -0.15) is 9.64 Å². The van der Waals surface area contributed by atoms with Gasteiger partial charge in [0.2, 0.25) is 0 Å². The molecule has 0 saturated carbocycles. The van der Waals surface area contributed by atoms with Crippen molar-refractivity contribution >= 4 is 22.9 Å². The first-order valence-corrected chi connectivity index (χ1v) is 4.57. The first kappa shape index (κ1) is 9.68. The highest BCUT2D eigenvalue weighted by molar-refractivity contribution is 7.10. The van der Waals surface area contributed by atoms with Crippen molar-refractivity contribution in [2.75, 3.05) is 6.61 Å². The lowest BCUT2D eigenvalue weighted by Gasteiger charge is -1.90. The molecule has 0 aromatic carbocycles. The number of hydrogen-bond acceptors (Lipinski definition) is 5. The van der Waals surface area contributed by atoms with E-state index in [2.05, 4.69) is 9.37 Å². The fourth-order valence-corrected chi connectivity index (χ4v) is 1.42. The zero-order valence-corrected chi connectivity index (χ0v) is 8.26. The number of nitriles is 1. The van der Waals surface area contributed by atoms with Gasteiger partial charge in [-0.3, -0.25) is 0 Å².